The molecule has 1 saturated heterocycles. The van der Waals surface area contributed by atoms with Crippen LogP contribution in [0.4, 0.5) is 0 Å². The number of hydrogen-bond acceptors (Lipinski definition) is 4. The van der Waals surface area contributed by atoms with Crippen molar-refractivity contribution in [2.75, 3.05) is 27.2 Å². The summed E-state index contributed by atoms with van der Waals surface area (Å²) >= 11 is 7.39. The van der Waals surface area contributed by atoms with Gasteiger partial charge in [-0.25, -0.2) is 0 Å². The largest absolute Gasteiger partial charge is 0.507 e. The Morgan fingerprint density at radius 3 is 2.52 bits per heavy atom. The zero-order valence-electron chi connectivity index (χ0n) is 15.2. The van der Waals surface area contributed by atoms with Crippen LogP contribution in [0.15, 0.2) is 47.4 Å². The zero-order valence-corrected chi connectivity index (χ0v) is 16.8. The predicted molar refractivity (Wildman–Crippen MR) is 107 cm³/mol. The summed E-state index contributed by atoms with van der Waals surface area (Å²) in [6, 6.07) is 9.79. The number of thiophene rings is 1. The Kier molecular flexibility index (Phi) is 5.99. The van der Waals surface area contributed by atoms with Crippen LogP contribution < -0.4 is 4.90 Å². The molecule has 1 fully saturated rings. The summed E-state index contributed by atoms with van der Waals surface area (Å²) in [4.78, 5) is 29.2. The number of nitrogens with one attached hydrogen (secondary N) is 1. The van der Waals surface area contributed by atoms with Gasteiger partial charge in [0.2, 0.25) is 0 Å². The van der Waals surface area contributed by atoms with E-state index < -0.39 is 17.7 Å². The summed E-state index contributed by atoms with van der Waals surface area (Å²) in [6.45, 7) is 1.35. The molecular formula is C20H22ClN2O3S+. The lowest BCUT2D eigenvalue weighted by Gasteiger charge is -2.24. The number of carbonyl (C=O) groups is 2. The van der Waals surface area contributed by atoms with Crippen LogP contribution in [0, 0.1) is 0 Å². The quantitative estimate of drug-likeness (QED) is 0.440. The molecular weight excluding hydrogens is 384 g/mol. The molecule has 1 aromatic carbocycles. The number of ketones is 1. The van der Waals surface area contributed by atoms with E-state index >= 15 is 0 Å². The molecule has 1 aromatic heterocycles. The molecule has 2 aromatic rings. The normalized spacial score (nSPS) is 19.3. The lowest BCUT2D eigenvalue weighted by molar-refractivity contribution is -0.858. The van der Waals surface area contributed by atoms with Crippen LogP contribution in [0.5, 0.6) is 0 Å². The Balaban J connectivity index is 2.03. The highest BCUT2D eigenvalue weighted by atomic mass is 35.5. The molecule has 2 heterocycles. The second-order valence-corrected chi connectivity index (χ2v) is 8.24. The molecule has 2 N–H and O–H groups in total. The van der Waals surface area contributed by atoms with E-state index in [4.69, 9.17) is 11.6 Å². The second-order valence-electron chi connectivity index (χ2n) is 6.83. The van der Waals surface area contributed by atoms with Gasteiger partial charge in [0.25, 0.3) is 11.7 Å². The van der Waals surface area contributed by atoms with E-state index in [2.05, 4.69) is 0 Å². The van der Waals surface area contributed by atoms with Gasteiger partial charge in [-0.05, 0) is 35.7 Å². The lowest BCUT2D eigenvalue weighted by atomic mass is 10.00. The monoisotopic (exact) mass is 405 g/mol. The van der Waals surface area contributed by atoms with Gasteiger partial charge in [-0.2, -0.15) is 0 Å². The number of quaternary nitrogens is 1. The van der Waals surface area contributed by atoms with Crippen LogP contribution in [0.25, 0.3) is 5.76 Å². The van der Waals surface area contributed by atoms with Crippen molar-refractivity contribution in [3.05, 3.63) is 62.8 Å². The van der Waals surface area contributed by atoms with Crippen molar-refractivity contribution in [1.29, 1.82) is 0 Å². The molecule has 0 aliphatic carbocycles. The van der Waals surface area contributed by atoms with Gasteiger partial charge in [-0.3, -0.25) is 9.59 Å². The number of likely N-dealkylation sites (tertiary alicyclic amines) is 1. The molecule has 1 aliphatic rings. The fourth-order valence-electron chi connectivity index (χ4n) is 3.22. The SMILES string of the molecule is C[NH+](C)CCCN1C(=O)C(=O)C(=C(O)c2ccc(Cl)cc2)[C@H]1c1cccs1. The summed E-state index contributed by atoms with van der Waals surface area (Å²) in [7, 11) is 4.09. The number of hydrogen-bond donors (Lipinski definition) is 2. The third-order valence-corrected chi connectivity index (χ3v) is 5.72. The Labute approximate surface area is 167 Å². The Morgan fingerprint density at radius 2 is 1.93 bits per heavy atom. The highest BCUT2D eigenvalue weighted by Gasteiger charge is 2.46. The maximum atomic E-state index is 12.8. The number of nitrogens with zero attached hydrogens (tertiary/aromatic N) is 1. The molecule has 0 bridgehead atoms. The molecule has 27 heavy (non-hydrogen) atoms. The number of amides is 1. The van der Waals surface area contributed by atoms with Gasteiger partial charge in [-0.1, -0.05) is 17.7 Å². The topological polar surface area (TPSA) is 62.0 Å². The first-order valence-corrected chi connectivity index (χ1v) is 10.0. The molecule has 1 atom stereocenters. The van der Waals surface area contributed by atoms with E-state index in [1.54, 1.807) is 29.2 Å². The van der Waals surface area contributed by atoms with Crippen LogP contribution in [-0.4, -0.2) is 48.9 Å². The van der Waals surface area contributed by atoms with E-state index in [9.17, 15) is 14.7 Å². The average molecular weight is 406 g/mol. The van der Waals surface area contributed by atoms with E-state index in [0.29, 0.717) is 17.1 Å². The van der Waals surface area contributed by atoms with Crippen molar-refractivity contribution >= 4 is 40.4 Å². The molecule has 142 valence electrons. The van der Waals surface area contributed by atoms with E-state index in [1.807, 2.05) is 31.6 Å². The number of aliphatic hydroxyl groups excluding tert-OH is 1. The van der Waals surface area contributed by atoms with E-state index in [-0.39, 0.29) is 11.3 Å². The van der Waals surface area contributed by atoms with Crippen LogP contribution >= 0.6 is 22.9 Å². The molecule has 1 aliphatic heterocycles. The summed E-state index contributed by atoms with van der Waals surface area (Å²) < 4.78 is 0. The summed E-state index contributed by atoms with van der Waals surface area (Å²) in [5.74, 6) is -1.36. The molecule has 1 amide bonds. The number of carbonyl (C=O) groups excluding carboxylic acids is 2. The van der Waals surface area contributed by atoms with E-state index in [0.717, 1.165) is 17.8 Å². The number of aliphatic hydroxyl groups is 1. The zero-order chi connectivity index (χ0) is 19.6. The van der Waals surface area contributed by atoms with Crippen molar-refractivity contribution in [2.45, 2.75) is 12.5 Å². The minimum absolute atomic E-state index is 0.141. The number of Topliss-reactive ketones (excluding diaryl/α,β-unsaturated/α-hetero) is 1. The maximum Gasteiger partial charge on any atom is 0.295 e. The van der Waals surface area contributed by atoms with Gasteiger partial charge in [0, 0.05) is 28.4 Å². The van der Waals surface area contributed by atoms with Gasteiger partial charge >= 0.3 is 0 Å². The van der Waals surface area contributed by atoms with Crippen molar-refractivity contribution in [3.63, 3.8) is 0 Å². The van der Waals surface area contributed by atoms with Crippen molar-refractivity contribution in [1.82, 2.24) is 4.90 Å². The molecule has 0 radical (unpaired) electrons. The van der Waals surface area contributed by atoms with E-state index in [1.165, 1.54) is 16.2 Å². The third-order valence-electron chi connectivity index (χ3n) is 4.55. The fourth-order valence-corrected chi connectivity index (χ4v) is 4.19. The minimum atomic E-state index is -0.641. The number of halogens is 1. The Morgan fingerprint density at radius 1 is 1.22 bits per heavy atom. The summed E-state index contributed by atoms with van der Waals surface area (Å²) in [6.07, 6.45) is 0.776. The van der Waals surface area contributed by atoms with Gasteiger partial charge in [0.15, 0.2) is 0 Å². The second kappa shape index (κ2) is 8.25. The molecule has 0 saturated carbocycles. The van der Waals surface area contributed by atoms with Crippen molar-refractivity contribution in [3.8, 4) is 0 Å². The maximum absolute atomic E-state index is 12.8. The van der Waals surface area contributed by atoms with Gasteiger partial charge in [0.1, 0.15) is 5.76 Å². The van der Waals surface area contributed by atoms with Gasteiger partial charge in [0.05, 0.1) is 32.3 Å². The molecule has 7 heteroatoms. The molecule has 0 unspecified atom stereocenters. The average Bonchev–Trinajstić information content (AvgIpc) is 3.24. The molecule has 0 spiro atoms. The summed E-state index contributed by atoms with van der Waals surface area (Å²) in [5.41, 5.74) is 0.610. The molecule has 3 rings (SSSR count). The fraction of sp³-hybridized carbons (Fsp3) is 0.300. The first-order valence-electron chi connectivity index (χ1n) is 8.77. The van der Waals surface area contributed by atoms with Crippen molar-refractivity contribution < 1.29 is 19.6 Å². The first kappa shape index (κ1) is 19.6. The summed E-state index contributed by atoms with van der Waals surface area (Å²) in [5, 5.41) is 13.3. The van der Waals surface area contributed by atoms with Crippen LogP contribution in [0.3, 0.4) is 0 Å². The first-order chi connectivity index (χ1) is 12.9. The predicted octanol–water partition coefficient (Wildman–Crippen LogP) is 2.36. The molecule has 5 nitrogen and oxygen atoms in total. The highest BCUT2D eigenvalue weighted by molar-refractivity contribution is 7.10. The van der Waals surface area contributed by atoms with Crippen LogP contribution in [-0.2, 0) is 9.59 Å². The minimum Gasteiger partial charge on any atom is -0.507 e. The Hall–Kier alpha value is -2.15. The number of benzene rings is 1. The van der Waals surface area contributed by atoms with Crippen LogP contribution in [0.2, 0.25) is 5.02 Å². The smallest absolute Gasteiger partial charge is 0.295 e. The standard InChI is InChI=1S/C20H21ClN2O3S/c1-22(2)10-4-11-23-17(15-5-3-12-27-15)16(19(25)20(23)26)18(24)13-6-8-14(21)9-7-13/h3,5-9,12,17,24H,4,10-11H2,1-2H3/p+1/t17-/m1/s1. The highest BCUT2D eigenvalue weighted by Crippen LogP contribution is 2.41. The van der Waals surface area contributed by atoms with Gasteiger partial charge in [-0.15, -0.1) is 11.3 Å². The van der Waals surface area contributed by atoms with Crippen molar-refractivity contribution in [2.24, 2.45) is 0 Å². The Bertz CT molecular complexity index is 860. The van der Waals surface area contributed by atoms with Gasteiger partial charge < -0.3 is 14.9 Å². The number of rotatable bonds is 6. The third kappa shape index (κ3) is 4.08. The van der Waals surface area contributed by atoms with Crippen LogP contribution in [0.1, 0.15) is 22.9 Å². The lowest BCUT2D eigenvalue weighted by Crippen LogP contribution is -3.05.